The van der Waals surface area contributed by atoms with Crippen molar-refractivity contribution in [1.29, 1.82) is 0 Å². The molecule has 2 atom stereocenters. The zero-order valence-electron chi connectivity index (χ0n) is 87.9. The van der Waals surface area contributed by atoms with Crippen LogP contribution in [0.5, 0.6) is 11.5 Å². The summed E-state index contributed by atoms with van der Waals surface area (Å²) in [6, 6.07) is 106. The number of rotatable bonds is 19. The van der Waals surface area contributed by atoms with Crippen molar-refractivity contribution in [3.05, 3.63) is 406 Å². The van der Waals surface area contributed by atoms with E-state index in [9.17, 15) is 24.6 Å². The SMILES string of the molecule is CC.CC.CC.CC.CC.CC.CC.CC.CC.CC.CC(=O)C1CC1.Cc1ccc(-c2noc(C3CC3)c2-c2ccccc2)cc1.Cc1ccc(/C(Cc2ccccc2)=N/O)cc1.Cc1ccc(C(=O)Cc2ccccc2)cc1.Cc1ccc(C2=NOC(O)(C3CC3)C2c2ccccc2)cc1.O=C(Cc1ccccc1)c1ccc(O)cc1.Oc1ccc(-c2noc(C3CC3)c2-c2ccccc2)cc1. The van der Waals surface area contributed by atoms with Crippen molar-refractivity contribution in [2.75, 3.05) is 0 Å². The van der Waals surface area contributed by atoms with E-state index in [0.717, 1.165) is 116 Å². The number of aryl methyl sites for hydroxylation is 4. The van der Waals surface area contributed by atoms with Gasteiger partial charge in [0, 0.05) is 70.8 Å². The molecule has 0 bridgehead atoms. The van der Waals surface area contributed by atoms with Crippen molar-refractivity contribution in [3.63, 3.8) is 0 Å². The van der Waals surface area contributed by atoms with Crippen LogP contribution >= 0.6 is 0 Å². The minimum atomic E-state index is -1.21. The number of aromatic hydroxyl groups is 2. The van der Waals surface area contributed by atoms with Gasteiger partial charge in [0.25, 0.3) is 0 Å². The maximum absolute atomic E-state index is 11.9. The van der Waals surface area contributed by atoms with Gasteiger partial charge in [0.2, 0.25) is 5.79 Å². The number of phenolic OH excluding ortho intramolecular Hbond substituents is 2. The third kappa shape index (κ3) is 39.9. The number of ketones is 3. The van der Waals surface area contributed by atoms with Crippen LogP contribution in [0.15, 0.2) is 347 Å². The summed E-state index contributed by atoms with van der Waals surface area (Å²) in [5, 5.41) is 55.1. The summed E-state index contributed by atoms with van der Waals surface area (Å²) in [5.74, 6) is 3.32. The molecular weight excluding hydrogens is 1720 g/mol. The van der Waals surface area contributed by atoms with Gasteiger partial charge in [-0.2, -0.15) is 0 Å². The van der Waals surface area contributed by atoms with Crippen molar-refractivity contribution in [2.45, 2.75) is 267 Å². The second-order valence-electron chi connectivity index (χ2n) is 31.1. The van der Waals surface area contributed by atoms with Crippen LogP contribution in [0, 0.1) is 39.5 Å². The van der Waals surface area contributed by atoms with Crippen molar-refractivity contribution in [3.8, 4) is 56.3 Å². The van der Waals surface area contributed by atoms with Gasteiger partial charge in [-0.3, -0.25) is 14.4 Å². The van der Waals surface area contributed by atoms with Gasteiger partial charge in [-0.1, -0.05) is 460 Å². The minimum Gasteiger partial charge on any atom is -0.508 e. The van der Waals surface area contributed by atoms with Gasteiger partial charge in [0.15, 0.2) is 11.6 Å². The highest BCUT2D eigenvalue weighted by atomic mass is 16.7. The Morgan fingerprint density at radius 2 is 0.626 bits per heavy atom. The first-order chi connectivity index (χ1) is 67.9. The van der Waals surface area contributed by atoms with Gasteiger partial charge in [0.05, 0.1) is 22.8 Å². The van der Waals surface area contributed by atoms with E-state index in [2.05, 4.69) is 107 Å². The smallest absolute Gasteiger partial charge is 0.249 e. The van der Waals surface area contributed by atoms with Crippen molar-refractivity contribution in [2.24, 2.45) is 22.1 Å². The highest BCUT2D eigenvalue weighted by Gasteiger charge is 2.58. The lowest BCUT2D eigenvalue weighted by molar-refractivity contribution is -0.208. The summed E-state index contributed by atoms with van der Waals surface area (Å²) in [7, 11) is 0. The predicted molar refractivity (Wildman–Crippen MR) is 586 cm³/mol. The van der Waals surface area contributed by atoms with Gasteiger partial charge in [-0.25, -0.2) is 0 Å². The highest BCUT2D eigenvalue weighted by Crippen LogP contribution is 2.53. The van der Waals surface area contributed by atoms with E-state index in [4.69, 9.17) is 24.2 Å². The van der Waals surface area contributed by atoms with Gasteiger partial charge in [-0.05, 0) is 173 Å². The van der Waals surface area contributed by atoms with Crippen LogP contribution in [-0.2, 0) is 28.9 Å². The number of Topliss-reactive ketones (excluding diaryl/α,β-unsaturated/α-hetero) is 3. The molecule has 1 aliphatic heterocycles. The lowest BCUT2D eigenvalue weighted by atomic mass is 9.81. The molecule has 4 aliphatic carbocycles. The first-order valence-corrected chi connectivity index (χ1v) is 50.8. The molecule has 2 unspecified atom stereocenters. The average Bonchev–Trinajstić information content (AvgIpc) is 1.58. The monoisotopic (exact) mass is 1880 g/mol. The number of carbonyl (C=O) groups is 3. The molecule has 0 spiro atoms. The summed E-state index contributed by atoms with van der Waals surface area (Å²) in [6.07, 6.45) is 10.6. The summed E-state index contributed by atoms with van der Waals surface area (Å²) in [5.41, 5.74) is 22.5. The number of aliphatic hydroxyl groups is 1. The van der Waals surface area contributed by atoms with Crippen LogP contribution in [0.2, 0.25) is 0 Å². The van der Waals surface area contributed by atoms with Crippen molar-refractivity contribution >= 4 is 28.8 Å². The zero-order chi connectivity index (χ0) is 103. The molecular formula is C125H160N4O10. The van der Waals surface area contributed by atoms with Crippen molar-refractivity contribution < 1.29 is 48.8 Å². The molecule has 0 amide bonds. The molecule has 19 rings (SSSR count). The molecule has 3 heterocycles. The Bertz CT molecular complexity index is 5400. The number of hydrogen-bond acceptors (Lipinski definition) is 14. The van der Waals surface area contributed by atoms with Crippen LogP contribution in [-0.4, -0.2) is 65.4 Å². The molecule has 0 radical (unpaired) electrons. The molecule has 4 fully saturated rings. The van der Waals surface area contributed by atoms with E-state index in [1.54, 1.807) is 31.2 Å². The van der Waals surface area contributed by atoms with Crippen LogP contribution in [0.1, 0.15) is 302 Å². The van der Waals surface area contributed by atoms with Crippen LogP contribution < -0.4 is 0 Å². The Morgan fingerprint density at radius 3 is 0.935 bits per heavy atom. The molecule has 14 nitrogen and oxygen atoms in total. The number of benzene rings is 12. The fraction of sp³-hybridized carbons (Fsp3) is 0.336. The Labute approximate surface area is 834 Å². The van der Waals surface area contributed by atoms with E-state index in [0.29, 0.717) is 54.1 Å². The fourth-order valence-corrected chi connectivity index (χ4v) is 13.9. The highest BCUT2D eigenvalue weighted by molar-refractivity contribution is 6.06. The lowest BCUT2D eigenvalue weighted by Crippen LogP contribution is -2.39. The second kappa shape index (κ2) is 68.6. The third-order valence-electron chi connectivity index (χ3n) is 21.4. The Morgan fingerprint density at radius 1 is 0.338 bits per heavy atom. The molecule has 139 heavy (non-hydrogen) atoms. The maximum atomic E-state index is 11.9. The van der Waals surface area contributed by atoms with Gasteiger partial charge >= 0.3 is 0 Å². The Kier molecular flexibility index (Phi) is 59.1. The molecule has 0 saturated heterocycles. The van der Waals surface area contributed by atoms with Crippen LogP contribution in [0.4, 0.5) is 0 Å². The number of aromatic nitrogens is 2. The minimum absolute atomic E-state index is 0.0613. The van der Waals surface area contributed by atoms with Crippen LogP contribution in [0.3, 0.4) is 0 Å². The molecule has 740 valence electrons. The number of nitrogens with zero attached hydrogens (tertiary/aromatic N) is 4. The van der Waals surface area contributed by atoms with E-state index >= 15 is 0 Å². The van der Waals surface area contributed by atoms with Gasteiger partial charge in [0.1, 0.15) is 45.9 Å². The van der Waals surface area contributed by atoms with E-state index in [-0.39, 0.29) is 34.9 Å². The molecule has 4 N–H and O–H groups in total. The fourth-order valence-electron chi connectivity index (χ4n) is 13.9. The third-order valence-corrected chi connectivity index (χ3v) is 21.4. The van der Waals surface area contributed by atoms with Gasteiger partial charge < -0.3 is 34.4 Å². The largest absolute Gasteiger partial charge is 0.508 e. The topological polar surface area (TPSA) is 218 Å². The average molecular weight is 1880 g/mol. The number of oxime groups is 2. The summed E-state index contributed by atoms with van der Waals surface area (Å²) in [6.45, 7) is 49.9. The first-order valence-electron chi connectivity index (χ1n) is 50.8. The van der Waals surface area contributed by atoms with Crippen molar-refractivity contribution in [1.82, 2.24) is 10.3 Å². The normalized spacial score (nSPS) is 13.7. The summed E-state index contributed by atoms with van der Waals surface area (Å²) >= 11 is 0. The first kappa shape index (κ1) is 120. The number of phenols is 2. The Balaban J connectivity index is 0.000000410. The number of hydrogen-bond donors (Lipinski definition) is 4. The number of carbonyl (C=O) groups excluding carboxylic acids is 3. The molecule has 14 heteroatoms. The van der Waals surface area contributed by atoms with E-state index in [1.807, 2.05) is 371 Å². The summed E-state index contributed by atoms with van der Waals surface area (Å²) < 4.78 is 11.4. The van der Waals surface area contributed by atoms with Crippen LogP contribution in [0.25, 0.3) is 44.8 Å². The van der Waals surface area contributed by atoms with Gasteiger partial charge in [-0.15, -0.1) is 0 Å². The molecule has 4 saturated carbocycles. The predicted octanol–water partition coefficient (Wildman–Crippen LogP) is 34.3. The maximum Gasteiger partial charge on any atom is 0.249 e. The van der Waals surface area contributed by atoms with E-state index in [1.165, 1.54) is 71.2 Å². The molecule has 12 aromatic carbocycles. The Hall–Kier alpha value is -13.4. The molecule has 2 aromatic heterocycles. The zero-order valence-corrected chi connectivity index (χ0v) is 87.9. The second-order valence-corrected chi connectivity index (χ2v) is 31.1. The standard InChI is InChI=1S/C19H19NO2.C19H17NO.C18H15NO2.C15H15NO.C15H14O.C14H12O2.C5H8O.10C2H6/c1-13-7-9-15(10-8-13)18-17(14-5-3-2-4-6-14)19(21,22-20-18)16-11-12-16;1-13-7-9-15(10-8-13)18-17(14-5-3-2-4-6-14)19(21-20-18)16-11-12-16;20-15-10-8-13(9-11-15)17-16(12-4-2-1-3-5-12)18(21-19-17)14-6-7-14;1-12-7-9-14(10-8-12)15(16-17)11-13-5-3-2-4-6-13;1-12-7-9-14(10-8-12)15(16)11-13-5-3-2-4-6-13;15-13-8-6-12(7-9-13)14(16)10-11-4-2-1-3-5-11;1-4(6)5-2-3-5;10*1-2/h2-10,16-17,21H,11-12H2,1H3;2-10,16H,11-12H2,1H3;1-5,8-11,14,20H,6-7H2;2-10,17H,11H2,1H3;2-10H,11H2,1H3;1-9,15H,10H2;5H,2-3H2,1H3;10*1-2H3/b;;;16-15+;;;;;;;;;;;;;. The molecule has 14 aromatic rings. The quantitative estimate of drug-likeness (QED) is 0.0257. The molecule has 5 aliphatic rings. The summed E-state index contributed by atoms with van der Waals surface area (Å²) in [4.78, 5) is 39.5. The lowest BCUT2D eigenvalue weighted by Gasteiger charge is -2.28. The van der Waals surface area contributed by atoms with E-state index < -0.39 is 5.79 Å².